The third-order valence-electron chi connectivity index (χ3n) is 2.71. The van der Waals surface area contributed by atoms with E-state index < -0.39 is 53.9 Å². The van der Waals surface area contributed by atoms with Crippen LogP contribution in [0, 0.1) is 15.2 Å². The highest BCUT2D eigenvalue weighted by molar-refractivity contribution is 14.1. The molecule has 0 heterocycles. The summed E-state index contributed by atoms with van der Waals surface area (Å²) in [5.74, 6) is -3.58. The molecule has 0 saturated carbocycles. The second-order valence-electron chi connectivity index (χ2n) is 4.65. The van der Waals surface area contributed by atoms with Gasteiger partial charge in [0.15, 0.2) is 11.6 Å². The lowest BCUT2D eigenvalue weighted by atomic mass is 10.3. The highest BCUT2D eigenvalue weighted by Gasteiger charge is 2.36. The van der Waals surface area contributed by atoms with E-state index in [9.17, 15) is 25.6 Å². The average molecular weight is 502 g/mol. The van der Waals surface area contributed by atoms with Gasteiger partial charge in [-0.15, -0.1) is 0 Å². The molecule has 1 aromatic rings. The Morgan fingerprint density at radius 1 is 1.09 bits per heavy atom. The summed E-state index contributed by atoms with van der Waals surface area (Å²) in [6, 6.07) is 0.486. The third kappa shape index (κ3) is 4.45. The van der Waals surface area contributed by atoms with Crippen LogP contribution in [0.1, 0.15) is 26.7 Å². The van der Waals surface area contributed by atoms with Gasteiger partial charge in [-0.2, -0.15) is 3.71 Å². The van der Waals surface area contributed by atoms with Crippen molar-refractivity contribution >= 4 is 59.9 Å². The average Bonchev–Trinajstić information content (AvgIpc) is 2.41. The highest BCUT2D eigenvalue weighted by atomic mass is 127. The van der Waals surface area contributed by atoms with Crippen LogP contribution in [0.2, 0.25) is 5.02 Å². The van der Waals surface area contributed by atoms with Gasteiger partial charge >= 0.3 is 0 Å². The minimum atomic E-state index is -4.31. The van der Waals surface area contributed by atoms with Gasteiger partial charge in [-0.25, -0.2) is 25.6 Å². The van der Waals surface area contributed by atoms with Crippen molar-refractivity contribution in [3.8, 4) is 0 Å². The van der Waals surface area contributed by atoms with Gasteiger partial charge in [-0.3, -0.25) is 0 Å². The Labute approximate surface area is 153 Å². The lowest BCUT2D eigenvalue weighted by Crippen LogP contribution is -2.40. The maximum Gasteiger partial charge on any atom is 0.248 e. The molecule has 132 valence electrons. The maximum atomic E-state index is 13.7. The van der Waals surface area contributed by atoms with Crippen LogP contribution < -0.4 is 3.71 Å². The zero-order valence-corrected chi connectivity index (χ0v) is 16.9. The summed E-state index contributed by atoms with van der Waals surface area (Å²) < 4.78 is 76.5. The van der Waals surface area contributed by atoms with Crippen molar-refractivity contribution in [2.24, 2.45) is 0 Å². The standard InChI is InChI=1S/C12H15ClF2INO4S2/c1-3-5-22(18,19)17(23(20,21)6-4-2)9-7-8(14)11(15)12(16)10(9)13/h7H,3-6H2,1-2H3. The molecule has 0 aromatic heterocycles. The smallest absolute Gasteiger partial charge is 0.205 e. The van der Waals surface area contributed by atoms with Crippen molar-refractivity contribution in [1.82, 2.24) is 0 Å². The van der Waals surface area contributed by atoms with Crippen molar-refractivity contribution in [3.63, 3.8) is 0 Å². The molecule has 0 bridgehead atoms. The first-order chi connectivity index (χ1) is 10.5. The molecule has 0 aliphatic carbocycles. The SMILES string of the molecule is CCCS(=O)(=O)N(c1cc(F)c(F)c(I)c1Cl)S(=O)(=O)CCC. The molecule has 0 saturated heterocycles. The number of hydrogen-bond donors (Lipinski definition) is 0. The zero-order chi connectivity index (χ0) is 18.0. The molecule has 5 nitrogen and oxygen atoms in total. The summed E-state index contributed by atoms with van der Waals surface area (Å²) in [4.78, 5) is 0. The van der Waals surface area contributed by atoms with Gasteiger partial charge in [0.2, 0.25) is 20.0 Å². The molecule has 23 heavy (non-hydrogen) atoms. The maximum absolute atomic E-state index is 13.7. The van der Waals surface area contributed by atoms with Crippen LogP contribution in [0.4, 0.5) is 14.5 Å². The summed E-state index contributed by atoms with van der Waals surface area (Å²) >= 11 is 7.28. The van der Waals surface area contributed by atoms with Crippen molar-refractivity contribution in [2.75, 3.05) is 15.2 Å². The van der Waals surface area contributed by atoms with Gasteiger partial charge in [-0.05, 0) is 35.4 Å². The molecule has 0 unspecified atom stereocenters. The van der Waals surface area contributed by atoms with Crippen LogP contribution in [-0.2, 0) is 20.0 Å². The first-order valence-corrected chi connectivity index (χ1v) is 11.3. The molecule has 1 aromatic carbocycles. The topological polar surface area (TPSA) is 71.5 Å². The van der Waals surface area contributed by atoms with Gasteiger partial charge in [0.1, 0.15) is 0 Å². The van der Waals surface area contributed by atoms with E-state index in [4.69, 9.17) is 11.6 Å². The van der Waals surface area contributed by atoms with Crippen molar-refractivity contribution in [1.29, 1.82) is 0 Å². The predicted octanol–water partition coefficient (Wildman–Crippen LogP) is 3.51. The molecule has 0 atom stereocenters. The number of sulfonamides is 2. The summed E-state index contributed by atoms with van der Waals surface area (Å²) in [6.07, 6.45) is 0.303. The minimum absolute atomic E-state index is 0.125. The lowest BCUT2D eigenvalue weighted by Gasteiger charge is -2.25. The molecule has 11 heteroatoms. The highest BCUT2D eigenvalue weighted by Crippen LogP contribution is 2.37. The van der Waals surface area contributed by atoms with E-state index in [-0.39, 0.29) is 20.1 Å². The molecular weight excluding hydrogens is 487 g/mol. The van der Waals surface area contributed by atoms with Crippen LogP contribution >= 0.6 is 34.2 Å². The van der Waals surface area contributed by atoms with Gasteiger partial charge in [0.05, 0.1) is 25.8 Å². The first-order valence-electron chi connectivity index (χ1n) is 6.58. The monoisotopic (exact) mass is 501 g/mol. The van der Waals surface area contributed by atoms with Crippen LogP contribution in [0.3, 0.4) is 0 Å². The van der Waals surface area contributed by atoms with E-state index in [1.807, 2.05) is 0 Å². The Balaban J connectivity index is 3.75. The van der Waals surface area contributed by atoms with E-state index in [1.165, 1.54) is 22.6 Å². The summed E-state index contributed by atoms with van der Waals surface area (Å²) in [6.45, 7) is 3.11. The zero-order valence-electron chi connectivity index (χ0n) is 12.3. The summed E-state index contributed by atoms with van der Waals surface area (Å²) in [5, 5.41) is -0.469. The summed E-state index contributed by atoms with van der Waals surface area (Å²) in [5.41, 5.74) is -0.600. The van der Waals surface area contributed by atoms with E-state index in [1.54, 1.807) is 13.8 Å². The van der Waals surface area contributed by atoms with Crippen LogP contribution in [0.25, 0.3) is 0 Å². The largest absolute Gasteiger partial charge is 0.248 e. The van der Waals surface area contributed by atoms with E-state index in [0.29, 0.717) is 6.07 Å². The normalized spacial score (nSPS) is 12.4. The minimum Gasteiger partial charge on any atom is -0.205 e. The molecule has 0 fully saturated rings. The molecule has 0 radical (unpaired) electrons. The van der Waals surface area contributed by atoms with Crippen molar-refractivity contribution in [3.05, 3.63) is 26.3 Å². The Morgan fingerprint density at radius 3 is 1.91 bits per heavy atom. The Bertz CT molecular complexity index is 764. The number of anilines is 1. The fraction of sp³-hybridized carbons (Fsp3) is 0.500. The van der Waals surface area contributed by atoms with Gasteiger partial charge in [-0.1, -0.05) is 25.4 Å². The number of rotatable bonds is 7. The third-order valence-corrected chi connectivity index (χ3v) is 9.04. The Kier molecular flexibility index (Phi) is 7.06. The molecule has 0 aliphatic rings. The lowest BCUT2D eigenvalue weighted by molar-refractivity contribution is 0.504. The number of hydrogen-bond acceptors (Lipinski definition) is 4. The molecule has 0 N–H and O–H groups in total. The number of nitrogens with zero attached hydrogens (tertiary/aromatic N) is 1. The van der Waals surface area contributed by atoms with Crippen molar-refractivity contribution in [2.45, 2.75) is 26.7 Å². The van der Waals surface area contributed by atoms with Crippen molar-refractivity contribution < 1.29 is 25.6 Å². The van der Waals surface area contributed by atoms with E-state index >= 15 is 0 Å². The van der Waals surface area contributed by atoms with Crippen LogP contribution in [0.15, 0.2) is 6.07 Å². The fourth-order valence-corrected chi connectivity index (χ4v) is 6.79. The predicted molar refractivity (Wildman–Crippen MR) is 94.7 cm³/mol. The first kappa shape index (κ1) is 20.8. The van der Waals surface area contributed by atoms with Gasteiger partial charge < -0.3 is 0 Å². The quantitative estimate of drug-likeness (QED) is 0.326. The van der Waals surface area contributed by atoms with Gasteiger partial charge in [0, 0.05) is 6.07 Å². The molecule has 0 amide bonds. The van der Waals surface area contributed by atoms with Crippen LogP contribution in [-0.4, -0.2) is 28.3 Å². The summed E-state index contributed by atoms with van der Waals surface area (Å²) in [7, 11) is -8.61. The van der Waals surface area contributed by atoms with E-state index in [0.717, 1.165) is 0 Å². The second kappa shape index (κ2) is 7.79. The Hall–Kier alpha value is -0.200. The Morgan fingerprint density at radius 2 is 1.52 bits per heavy atom. The number of halogens is 4. The molecule has 0 aliphatic heterocycles. The second-order valence-corrected chi connectivity index (χ2v) is 10.2. The molecule has 1 rings (SSSR count). The van der Waals surface area contributed by atoms with E-state index in [2.05, 4.69) is 0 Å². The van der Waals surface area contributed by atoms with Gasteiger partial charge in [0.25, 0.3) is 0 Å². The number of benzene rings is 1. The van der Waals surface area contributed by atoms with Crippen LogP contribution in [0.5, 0.6) is 0 Å². The molecular formula is C12H15ClF2INO4S2. The molecule has 0 spiro atoms. The fourth-order valence-electron chi connectivity index (χ4n) is 1.85.